The Morgan fingerprint density at radius 2 is 1.81 bits per heavy atom. The standard InChI is InChI=1S/C10H17O2.3CH3.Sn/c1-3-10(8(2)11)7-5-4-6-9(10)12;;;;/h3,8,11H,4-7H2,1-2H3;3*1H3;/t8-,10+;;;;/m0..../s1. The first-order valence-electron chi connectivity index (χ1n) is 6.44. The Balaban J connectivity index is 3.10. The van der Waals surface area contributed by atoms with Crippen LogP contribution in [0, 0.1) is 5.41 Å². The van der Waals surface area contributed by atoms with Crippen LogP contribution in [0.4, 0.5) is 0 Å². The average molecular weight is 333 g/mol. The second kappa shape index (κ2) is 4.97. The van der Waals surface area contributed by atoms with Crippen LogP contribution in [0.25, 0.3) is 0 Å². The van der Waals surface area contributed by atoms with Crippen LogP contribution < -0.4 is 0 Å². The topological polar surface area (TPSA) is 37.3 Å². The summed E-state index contributed by atoms with van der Waals surface area (Å²) in [6.45, 7) is 4.03. The van der Waals surface area contributed by atoms with Crippen LogP contribution in [-0.2, 0) is 4.79 Å². The van der Waals surface area contributed by atoms with Gasteiger partial charge < -0.3 is 0 Å². The second-order valence-electron chi connectivity index (χ2n) is 6.43. The molecule has 0 aromatic heterocycles. The van der Waals surface area contributed by atoms with E-state index in [-0.39, 0.29) is 0 Å². The molecule has 1 N–H and O–H groups in total. The first-order chi connectivity index (χ1) is 7.23. The minimum atomic E-state index is -2.16. The monoisotopic (exact) mass is 334 g/mol. The van der Waals surface area contributed by atoms with Gasteiger partial charge in [0.05, 0.1) is 0 Å². The molecule has 0 unspecified atom stereocenters. The Hall–Kier alpha value is 0.429. The third-order valence-electron chi connectivity index (χ3n) is 4.58. The fourth-order valence-corrected chi connectivity index (χ4v) is 9.08. The van der Waals surface area contributed by atoms with E-state index in [9.17, 15) is 9.90 Å². The van der Waals surface area contributed by atoms with Gasteiger partial charge in [-0.1, -0.05) is 0 Å². The molecule has 1 aliphatic rings. The number of carbonyl (C=O) groups is 1. The van der Waals surface area contributed by atoms with Crippen molar-refractivity contribution in [3.8, 4) is 0 Å². The first kappa shape index (κ1) is 14.5. The fraction of sp³-hybridized carbons (Fsp3) is 0.923. The van der Waals surface area contributed by atoms with Gasteiger partial charge in [0, 0.05) is 0 Å². The third-order valence-corrected chi connectivity index (χ3v) is 13.5. The number of ketones is 1. The number of Topliss-reactive ketones (excluding diaryl/α,β-unsaturated/α-hetero) is 1. The molecule has 0 bridgehead atoms. The maximum absolute atomic E-state index is 12.3. The fourth-order valence-electron chi connectivity index (χ4n) is 3.11. The number of aliphatic hydroxyl groups excluding tert-OH is 1. The van der Waals surface area contributed by atoms with Crippen molar-refractivity contribution < 1.29 is 9.90 Å². The number of aliphatic hydroxyl groups is 1. The van der Waals surface area contributed by atoms with Crippen LogP contribution >= 0.6 is 0 Å². The predicted molar refractivity (Wildman–Crippen MR) is 70.4 cm³/mol. The Labute approximate surface area is 104 Å². The van der Waals surface area contributed by atoms with Gasteiger partial charge in [0.2, 0.25) is 0 Å². The molecule has 0 spiro atoms. The normalized spacial score (nSPS) is 31.2. The van der Waals surface area contributed by atoms with E-state index in [1.807, 2.05) is 6.92 Å². The Morgan fingerprint density at radius 3 is 2.19 bits per heavy atom. The number of carbonyl (C=O) groups excluding carboxylic acids is 1. The van der Waals surface area contributed by atoms with Gasteiger partial charge in [-0.25, -0.2) is 0 Å². The molecule has 0 amide bonds. The molecule has 0 aromatic rings. The van der Waals surface area contributed by atoms with Crippen molar-refractivity contribution in [3.05, 3.63) is 0 Å². The van der Waals surface area contributed by atoms with Gasteiger partial charge in [-0.05, 0) is 0 Å². The Kier molecular flexibility index (Phi) is 4.50. The van der Waals surface area contributed by atoms with E-state index in [1.54, 1.807) is 0 Å². The zero-order chi connectivity index (χ0) is 12.6. The molecule has 94 valence electrons. The molecule has 1 fully saturated rings. The van der Waals surface area contributed by atoms with E-state index in [0.717, 1.165) is 19.3 Å². The molecule has 16 heavy (non-hydrogen) atoms. The zero-order valence-electron chi connectivity index (χ0n) is 11.3. The first-order valence-corrected chi connectivity index (χ1v) is 16.7. The van der Waals surface area contributed by atoms with E-state index in [1.165, 1.54) is 0 Å². The zero-order valence-corrected chi connectivity index (χ0v) is 14.2. The molecular formula is C13H26O2Sn. The van der Waals surface area contributed by atoms with Crippen LogP contribution in [0.15, 0.2) is 0 Å². The second-order valence-corrected chi connectivity index (χ2v) is 22.4. The quantitative estimate of drug-likeness (QED) is 0.806. The van der Waals surface area contributed by atoms with Crippen molar-refractivity contribution in [2.75, 3.05) is 0 Å². The van der Waals surface area contributed by atoms with Crippen molar-refractivity contribution in [3.63, 3.8) is 0 Å². The molecule has 1 saturated carbocycles. The van der Waals surface area contributed by atoms with E-state index in [0.29, 0.717) is 16.1 Å². The summed E-state index contributed by atoms with van der Waals surface area (Å²) in [5.74, 6) is 0.327. The van der Waals surface area contributed by atoms with Crippen LogP contribution in [0.5, 0.6) is 0 Å². The minimum absolute atomic E-state index is 0.327. The average Bonchev–Trinajstić information content (AvgIpc) is 2.16. The van der Waals surface area contributed by atoms with Gasteiger partial charge >= 0.3 is 104 Å². The van der Waals surface area contributed by atoms with Gasteiger partial charge in [-0.3, -0.25) is 0 Å². The van der Waals surface area contributed by atoms with Crippen LogP contribution in [-0.4, -0.2) is 35.4 Å². The molecule has 0 heterocycles. The summed E-state index contributed by atoms with van der Waals surface area (Å²) in [5.41, 5.74) is -0.410. The van der Waals surface area contributed by atoms with E-state index in [4.69, 9.17) is 0 Å². The number of hydrogen-bond donors (Lipinski definition) is 1. The molecule has 2 nitrogen and oxygen atoms in total. The summed E-state index contributed by atoms with van der Waals surface area (Å²) in [7, 11) is 0. The molecule has 3 atom stereocenters. The van der Waals surface area contributed by atoms with Gasteiger partial charge in [0.15, 0.2) is 0 Å². The van der Waals surface area contributed by atoms with Crippen molar-refractivity contribution in [1.82, 2.24) is 0 Å². The van der Waals surface area contributed by atoms with Crippen LogP contribution in [0.3, 0.4) is 0 Å². The Bertz CT molecular complexity index is 268. The van der Waals surface area contributed by atoms with Gasteiger partial charge in [-0.2, -0.15) is 0 Å². The SMILES string of the molecule is C[C@H](O)[C@@]1([C@@H](C)[Sn]([CH3])([CH3])[CH3])CCCCC1=O. The van der Waals surface area contributed by atoms with E-state index < -0.39 is 29.9 Å². The third kappa shape index (κ3) is 2.47. The van der Waals surface area contributed by atoms with Crippen molar-refractivity contribution in [2.45, 2.75) is 64.4 Å². The summed E-state index contributed by atoms with van der Waals surface area (Å²) in [6, 6.07) is 0. The molecule has 0 aromatic carbocycles. The Morgan fingerprint density at radius 1 is 1.25 bits per heavy atom. The van der Waals surface area contributed by atoms with Gasteiger partial charge in [0.1, 0.15) is 0 Å². The molecule has 0 radical (unpaired) electrons. The van der Waals surface area contributed by atoms with Crippen LogP contribution in [0.1, 0.15) is 39.5 Å². The molecule has 0 saturated heterocycles. The molecular weight excluding hydrogens is 307 g/mol. The molecule has 1 rings (SSSR count). The summed E-state index contributed by atoms with van der Waals surface area (Å²) < 4.78 is 0.426. The summed E-state index contributed by atoms with van der Waals surface area (Å²) in [4.78, 5) is 19.4. The summed E-state index contributed by atoms with van der Waals surface area (Å²) in [5, 5.41) is 10.1. The van der Waals surface area contributed by atoms with Crippen molar-refractivity contribution in [1.29, 1.82) is 0 Å². The van der Waals surface area contributed by atoms with Crippen molar-refractivity contribution in [2.24, 2.45) is 5.41 Å². The number of rotatable bonds is 3. The van der Waals surface area contributed by atoms with Crippen LogP contribution in [0.2, 0.25) is 18.8 Å². The molecule has 1 aliphatic carbocycles. The summed E-state index contributed by atoms with van der Waals surface area (Å²) >= 11 is -2.16. The predicted octanol–water partition coefficient (Wildman–Crippen LogP) is 3.23. The van der Waals surface area contributed by atoms with E-state index >= 15 is 0 Å². The molecule has 3 heteroatoms. The van der Waals surface area contributed by atoms with Gasteiger partial charge in [-0.15, -0.1) is 0 Å². The maximum atomic E-state index is 12.3. The molecule has 0 aliphatic heterocycles. The summed E-state index contributed by atoms with van der Waals surface area (Å²) in [6.07, 6.45) is 3.21. The number of hydrogen-bond acceptors (Lipinski definition) is 2. The van der Waals surface area contributed by atoms with E-state index in [2.05, 4.69) is 21.7 Å². The van der Waals surface area contributed by atoms with Crippen molar-refractivity contribution >= 4 is 24.2 Å². The van der Waals surface area contributed by atoms with Gasteiger partial charge in [0.25, 0.3) is 0 Å².